The summed E-state index contributed by atoms with van der Waals surface area (Å²) >= 11 is 0. The third kappa shape index (κ3) is 4.67. The predicted octanol–water partition coefficient (Wildman–Crippen LogP) is 4.30. The maximum absolute atomic E-state index is 12.9. The number of Topliss-reactive ketones (excluding diaryl/α,β-unsaturated/α-hetero) is 1. The fourth-order valence-electron chi connectivity index (χ4n) is 2.73. The summed E-state index contributed by atoms with van der Waals surface area (Å²) in [5, 5.41) is 10.9. The Morgan fingerprint density at radius 3 is 2.00 bits per heavy atom. The minimum atomic E-state index is -1.18. The van der Waals surface area contributed by atoms with Gasteiger partial charge in [0.1, 0.15) is 0 Å². The lowest BCUT2D eigenvalue weighted by atomic mass is 9.99. The van der Waals surface area contributed by atoms with Gasteiger partial charge >= 0.3 is 5.97 Å². The quantitative estimate of drug-likeness (QED) is 0.266. The van der Waals surface area contributed by atoms with Crippen LogP contribution >= 0.6 is 0 Å². The molecule has 0 aliphatic carbocycles. The SMILES string of the molecule is O=C(Cc1ccccc1)O[C@@H](C(=O)c1ccccc1)c1ccc([N+](=O)[O-])cc1. The van der Waals surface area contributed by atoms with Crippen LogP contribution < -0.4 is 0 Å². The number of carbonyl (C=O) groups excluding carboxylic acids is 2. The van der Waals surface area contributed by atoms with E-state index >= 15 is 0 Å². The van der Waals surface area contributed by atoms with Gasteiger partial charge in [-0.05, 0) is 17.7 Å². The molecule has 0 amide bonds. The van der Waals surface area contributed by atoms with Crippen LogP contribution in [0.4, 0.5) is 5.69 Å². The lowest BCUT2D eigenvalue weighted by molar-refractivity contribution is -0.384. The fraction of sp³-hybridized carbons (Fsp3) is 0.0909. The highest BCUT2D eigenvalue weighted by Crippen LogP contribution is 2.25. The van der Waals surface area contributed by atoms with E-state index in [-0.39, 0.29) is 12.1 Å². The van der Waals surface area contributed by atoms with Crippen LogP contribution in [-0.4, -0.2) is 16.7 Å². The molecule has 0 saturated heterocycles. The molecule has 0 unspecified atom stereocenters. The Morgan fingerprint density at radius 1 is 0.857 bits per heavy atom. The molecule has 3 rings (SSSR count). The monoisotopic (exact) mass is 375 g/mol. The third-order valence-electron chi connectivity index (χ3n) is 4.14. The number of nitro benzene ring substituents is 1. The summed E-state index contributed by atoms with van der Waals surface area (Å²) in [5.74, 6) is -0.949. The Kier molecular flexibility index (Phi) is 5.91. The molecule has 0 aliphatic rings. The van der Waals surface area contributed by atoms with E-state index in [9.17, 15) is 19.7 Å². The maximum atomic E-state index is 12.9. The number of esters is 1. The topological polar surface area (TPSA) is 86.5 Å². The number of benzene rings is 3. The molecule has 0 heterocycles. The van der Waals surface area contributed by atoms with E-state index in [1.54, 1.807) is 42.5 Å². The molecule has 1 atom stereocenters. The van der Waals surface area contributed by atoms with Crippen molar-refractivity contribution >= 4 is 17.4 Å². The lowest BCUT2D eigenvalue weighted by Crippen LogP contribution is -2.21. The number of ether oxygens (including phenoxy) is 1. The molecule has 0 spiro atoms. The first kappa shape index (κ1) is 19.0. The number of nitro groups is 1. The van der Waals surface area contributed by atoms with Crippen LogP contribution in [0.3, 0.4) is 0 Å². The van der Waals surface area contributed by atoms with Gasteiger partial charge in [-0.25, -0.2) is 0 Å². The molecule has 0 bridgehead atoms. The Labute approximate surface area is 161 Å². The van der Waals surface area contributed by atoms with Crippen molar-refractivity contribution in [3.8, 4) is 0 Å². The van der Waals surface area contributed by atoms with Crippen LogP contribution in [0.15, 0.2) is 84.9 Å². The summed E-state index contributed by atoms with van der Waals surface area (Å²) in [7, 11) is 0. The highest BCUT2D eigenvalue weighted by atomic mass is 16.6. The van der Waals surface area contributed by atoms with E-state index in [2.05, 4.69) is 0 Å². The molecular formula is C22H17NO5. The summed E-state index contributed by atoms with van der Waals surface area (Å²) in [6.45, 7) is 0. The summed E-state index contributed by atoms with van der Waals surface area (Å²) in [4.78, 5) is 35.7. The standard InChI is InChI=1S/C22H17NO5/c24-20(15-16-7-3-1-4-8-16)28-22(21(25)17-9-5-2-6-10-17)18-11-13-19(14-12-18)23(26)27/h1-14,22H,15H2/t22-/m1/s1. The molecule has 0 N–H and O–H groups in total. The second kappa shape index (κ2) is 8.73. The first-order valence-corrected chi connectivity index (χ1v) is 8.61. The number of hydrogen-bond acceptors (Lipinski definition) is 5. The molecule has 0 radical (unpaired) electrons. The predicted molar refractivity (Wildman–Crippen MR) is 103 cm³/mol. The van der Waals surface area contributed by atoms with Gasteiger partial charge in [0.15, 0.2) is 6.10 Å². The number of carbonyl (C=O) groups is 2. The van der Waals surface area contributed by atoms with E-state index in [0.717, 1.165) is 5.56 Å². The summed E-state index contributed by atoms with van der Waals surface area (Å²) in [6, 6.07) is 22.9. The average Bonchev–Trinajstić information content (AvgIpc) is 2.73. The van der Waals surface area contributed by atoms with E-state index in [1.807, 2.05) is 18.2 Å². The molecule has 0 aliphatic heterocycles. The van der Waals surface area contributed by atoms with E-state index < -0.39 is 22.8 Å². The number of nitrogens with zero attached hydrogens (tertiary/aromatic N) is 1. The van der Waals surface area contributed by atoms with Gasteiger partial charge in [-0.1, -0.05) is 60.7 Å². The number of hydrogen-bond donors (Lipinski definition) is 0. The third-order valence-corrected chi connectivity index (χ3v) is 4.14. The smallest absolute Gasteiger partial charge is 0.311 e. The zero-order valence-electron chi connectivity index (χ0n) is 14.9. The van der Waals surface area contributed by atoms with Crippen molar-refractivity contribution in [3.63, 3.8) is 0 Å². The van der Waals surface area contributed by atoms with Gasteiger partial charge in [0.05, 0.1) is 11.3 Å². The molecular weight excluding hydrogens is 358 g/mol. The van der Waals surface area contributed by atoms with Gasteiger partial charge in [0.25, 0.3) is 5.69 Å². The second-order valence-corrected chi connectivity index (χ2v) is 6.11. The van der Waals surface area contributed by atoms with Crippen molar-refractivity contribution in [2.45, 2.75) is 12.5 Å². The van der Waals surface area contributed by atoms with Crippen molar-refractivity contribution in [2.24, 2.45) is 0 Å². The summed E-state index contributed by atoms with van der Waals surface area (Å²) in [6.07, 6.45) is -1.16. The minimum Gasteiger partial charge on any atom is -0.449 e. The fourth-order valence-corrected chi connectivity index (χ4v) is 2.73. The summed E-state index contributed by atoms with van der Waals surface area (Å²) in [5.41, 5.74) is 1.42. The molecule has 28 heavy (non-hydrogen) atoms. The lowest BCUT2D eigenvalue weighted by Gasteiger charge is -2.17. The van der Waals surface area contributed by atoms with Gasteiger partial charge in [-0.15, -0.1) is 0 Å². The number of non-ortho nitro benzene ring substituents is 1. The van der Waals surface area contributed by atoms with Crippen LogP contribution in [0.25, 0.3) is 0 Å². The minimum absolute atomic E-state index is 0.0202. The number of rotatable bonds is 7. The van der Waals surface area contributed by atoms with E-state index in [1.165, 1.54) is 24.3 Å². The molecule has 0 saturated carbocycles. The van der Waals surface area contributed by atoms with E-state index in [0.29, 0.717) is 11.1 Å². The normalized spacial score (nSPS) is 11.4. The van der Waals surface area contributed by atoms with Crippen molar-refractivity contribution < 1.29 is 19.2 Å². The van der Waals surface area contributed by atoms with Crippen LogP contribution in [0.2, 0.25) is 0 Å². The number of ketones is 1. The molecule has 3 aromatic carbocycles. The van der Waals surface area contributed by atoms with Crippen molar-refractivity contribution in [3.05, 3.63) is 112 Å². The molecule has 0 aromatic heterocycles. The van der Waals surface area contributed by atoms with Crippen molar-refractivity contribution in [2.75, 3.05) is 0 Å². The zero-order valence-corrected chi connectivity index (χ0v) is 14.9. The first-order chi connectivity index (χ1) is 13.5. The molecule has 6 nitrogen and oxygen atoms in total. The van der Waals surface area contributed by atoms with Crippen molar-refractivity contribution in [1.29, 1.82) is 0 Å². The van der Waals surface area contributed by atoms with Gasteiger partial charge in [0.2, 0.25) is 5.78 Å². The Balaban J connectivity index is 1.86. The van der Waals surface area contributed by atoms with Crippen LogP contribution in [0, 0.1) is 10.1 Å². The maximum Gasteiger partial charge on any atom is 0.311 e. The van der Waals surface area contributed by atoms with Gasteiger partial charge in [-0.2, -0.15) is 0 Å². The van der Waals surface area contributed by atoms with Crippen molar-refractivity contribution in [1.82, 2.24) is 0 Å². The molecule has 0 fully saturated rings. The van der Waals surface area contributed by atoms with Crippen LogP contribution in [0.5, 0.6) is 0 Å². The highest BCUT2D eigenvalue weighted by molar-refractivity contribution is 6.01. The molecule has 6 heteroatoms. The first-order valence-electron chi connectivity index (χ1n) is 8.61. The second-order valence-electron chi connectivity index (χ2n) is 6.11. The van der Waals surface area contributed by atoms with Crippen LogP contribution in [-0.2, 0) is 16.0 Å². The summed E-state index contributed by atoms with van der Waals surface area (Å²) < 4.78 is 5.50. The largest absolute Gasteiger partial charge is 0.449 e. The van der Waals surface area contributed by atoms with Gasteiger partial charge in [-0.3, -0.25) is 19.7 Å². The molecule has 3 aromatic rings. The Hall–Kier alpha value is -3.80. The van der Waals surface area contributed by atoms with E-state index in [4.69, 9.17) is 4.74 Å². The Morgan fingerprint density at radius 2 is 1.43 bits per heavy atom. The molecule has 140 valence electrons. The Bertz CT molecular complexity index is 969. The average molecular weight is 375 g/mol. The van der Waals surface area contributed by atoms with Gasteiger partial charge in [0, 0.05) is 23.3 Å². The highest BCUT2D eigenvalue weighted by Gasteiger charge is 2.26. The van der Waals surface area contributed by atoms with Crippen LogP contribution in [0.1, 0.15) is 27.6 Å². The van der Waals surface area contributed by atoms with Gasteiger partial charge < -0.3 is 4.74 Å². The zero-order chi connectivity index (χ0) is 19.9.